The summed E-state index contributed by atoms with van der Waals surface area (Å²) in [6.07, 6.45) is 3.92. The van der Waals surface area contributed by atoms with Crippen molar-refractivity contribution in [1.29, 1.82) is 0 Å². The molecule has 0 aromatic heterocycles. The predicted molar refractivity (Wildman–Crippen MR) is 117 cm³/mol. The molecular formula is C24H31N3O3. The maximum atomic E-state index is 12.3. The van der Waals surface area contributed by atoms with Gasteiger partial charge in [0.15, 0.2) is 0 Å². The second-order valence-electron chi connectivity index (χ2n) is 7.54. The van der Waals surface area contributed by atoms with E-state index in [1.165, 1.54) is 37.9 Å². The molecule has 1 saturated heterocycles. The summed E-state index contributed by atoms with van der Waals surface area (Å²) in [7, 11) is 0. The molecule has 0 saturated carbocycles. The number of likely N-dealkylation sites (tertiary alicyclic amines) is 1. The minimum Gasteiger partial charge on any atom is -0.493 e. The number of rotatable bonds is 9. The second kappa shape index (κ2) is 11.4. The zero-order chi connectivity index (χ0) is 21.2. The Bertz CT molecular complexity index is 830. The number of piperidine rings is 1. The average molecular weight is 410 g/mol. The van der Waals surface area contributed by atoms with E-state index in [-0.39, 0.29) is 18.4 Å². The van der Waals surface area contributed by atoms with Crippen molar-refractivity contribution in [1.82, 2.24) is 15.5 Å². The third-order valence-corrected chi connectivity index (χ3v) is 5.21. The Morgan fingerprint density at radius 3 is 2.37 bits per heavy atom. The molecule has 2 amide bonds. The van der Waals surface area contributed by atoms with Gasteiger partial charge in [0.2, 0.25) is 5.91 Å². The minimum atomic E-state index is -0.323. The largest absolute Gasteiger partial charge is 0.493 e. The van der Waals surface area contributed by atoms with Crippen LogP contribution in [0.4, 0.5) is 0 Å². The molecule has 2 aromatic carbocycles. The first-order valence-corrected chi connectivity index (χ1v) is 10.7. The van der Waals surface area contributed by atoms with Gasteiger partial charge in [0.05, 0.1) is 18.7 Å². The predicted octanol–water partition coefficient (Wildman–Crippen LogP) is 3.12. The van der Waals surface area contributed by atoms with Gasteiger partial charge in [-0.15, -0.1) is 0 Å². The van der Waals surface area contributed by atoms with E-state index in [2.05, 4.69) is 39.8 Å². The van der Waals surface area contributed by atoms with Crippen LogP contribution >= 0.6 is 0 Å². The van der Waals surface area contributed by atoms with Gasteiger partial charge in [-0.05, 0) is 56.1 Å². The number of nitrogens with zero attached hydrogens (tertiary/aromatic N) is 1. The second-order valence-corrected chi connectivity index (χ2v) is 7.54. The molecule has 2 aromatic rings. The summed E-state index contributed by atoms with van der Waals surface area (Å²) in [5.74, 6) is -0.0338. The fourth-order valence-electron chi connectivity index (χ4n) is 3.59. The van der Waals surface area contributed by atoms with Crippen LogP contribution in [-0.2, 0) is 17.9 Å². The van der Waals surface area contributed by atoms with Crippen LogP contribution in [0.2, 0.25) is 0 Å². The molecule has 6 nitrogen and oxygen atoms in total. The van der Waals surface area contributed by atoms with E-state index in [4.69, 9.17) is 4.74 Å². The number of carbonyl (C=O) groups is 2. The van der Waals surface area contributed by atoms with Crippen LogP contribution in [0.1, 0.15) is 47.7 Å². The van der Waals surface area contributed by atoms with Gasteiger partial charge in [-0.3, -0.25) is 14.5 Å². The third kappa shape index (κ3) is 6.59. The van der Waals surface area contributed by atoms with Crippen molar-refractivity contribution in [2.45, 2.75) is 39.3 Å². The van der Waals surface area contributed by atoms with Gasteiger partial charge in [0, 0.05) is 13.1 Å². The number of carbonyl (C=O) groups excluding carboxylic acids is 2. The first-order valence-electron chi connectivity index (χ1n) is 10.7. The molecule has 0 unspecified atom stereocenters. The molecule has 2 N–H and O–H groups in total. The Morgan fingerprint density at radius 1 is 0.933 bits per heavy atom. The smallest absolute Gasteiger partial charge is 0.255 e. The van der Waals surface area contributed by atoms with Crippen LogP contribution in [0, 0.1) is 0 Å². The Morgan fingerprint density at radius 2 is 1.63 bits per heavy atom. The van der Waals surface area contributed by atoms with Gasteiger partial charge < -0.3 is 15.4 Å². The number of amides is 2. The summed E-state index contributed by atoms with van der Waals surface area (Å²) in [6, 6.07) is 15.4. The molecule has 1 aliphatic heterocycles. The minimum absolute atomic E-state index is 0.0770. The first kappa shape index (κ1) is 21.8. The third-order valence-electron chi connectivity index (χ3n) is 5.21. The lowest BCUT2D eigenvalue weighted by Crippen LogP contribution is -2.36. The molecule has 0 aliphatic carbocycles. The van der Waals surface area contributed by atoms with Crippen molar-refractivity contribution in [3.63, 3.8) is 0 Å². The van der Waals surface area contributed by atoms with Gasteiger partial charge in [-0.25, -0.2) is 0 Å². The lowest BCUT2D eigenvalue weighted by atomic mass is 10.1. The monoisotopic (exact) mass is 409 g/mol. The van der Waals surface area contributed by atoms with Gasteiger partial charge in [-0.2, -0.15) is 0 Å². The molecule has 6 heteroatoms. The first-order chi connectivity index (χ1) is 14.7. The highest BCUT2D eigenvalue weighted by Gasteiger charge is 2.13. The number of nitrogens with one attached hydrogen (secondary N) is 2. The molecule has 0 bridgehead atoms. The van der Waals surface area contributed by atoms with E-state index in [0.29, 0.717) is 24.5 Å². The van der Waals surface area contributed by atoms with Crippen LogP contribution in [0.5, 0.6) is 5.75 Å². The molecule has 0 atom stereocenters. The average Bonchev–Trinajstić information content (AvgIpc) is 2.78. The number of hydrogen-bond acceptors (Lipinski definition) is 4. The number of hydrogen-bond donors (Lipinski definition) is 2. The SMILES string of the molecule is CCOc1ccccc1C(=O)NCC(=O)NCc1ccc(CN2CCCCC2)cc1. The summed E-state index contributed by atoms with van der Waals surface area (Å²) in [5, 5.41) is 5.50. The summed E-state index contributed by atoms with van der Waals surface area (Å²) in [4.78, 5) is 27.0. The Balaban J connectivity index is 1.41. The van der Waals surface area contributed by atoms with Crippen molar-refractivity contribution in [2.24, 2.45) is 0 Å². The zero-order valence-corrected chi connectivity index (χ0v) is 17.7. The van der Waals surface area contributed by atoms with E-state index < -0.39 is 0 Å². The fraction of sp³-hybridized carbons (Fsp3) is 0.417. The highest BCUT2D eigenvalue weighted by molar-refractivity contribution is 5.98. The normalized spacial score (nSPS) is 14.2. The molecule has 1 fully saturated rings. The lowest BCUT2D eigenvalue weighted by molar-refractivity contribution is -0.120. The maximum Gasteiger partial charge on any atom is 0.255 e. The van der Waals surface area contributed by atoms with Gasteiger partial charge in [0.1, 0.15) is 5.75 Å². The fourth-order valence-corrected chi connectivity index (χ4v) is 3.59. The van der Waals surface area contributed by atoms with Gasteiger partial charge in [0.25, 0.3) is 5.91 Å². The quantitative estimate of drug-likeness (QED) is 0.668. The Kier molecular flexibility index (Phi) is 8.27. The van der Waals surface area contributed by atoms with E-state index in [1.54, 1.807) is 18.2 Å². The van der Waals surface area contributed by atoms with Crippen molar-refractivity contribution in [2.75, 3.05) is 26.2 Å². The van der Waals surface area contributed by atoms with Crippen molar-refractivity contribution in [3.8, 4) is 5.75 Å². The highest BCUT2D eigenvalue weighted by Crippen LogP contribution is 2.17. The maximum absolute atomic E-state index is 12.3. The lowest BCUT2D eigenvalue weighted by Gasteiger charge is -2.26. The topological polar surface area (TPSA) is 70.7 Å². The Labute approximate surface area is 178 Å². The highest BCUT2D eigenvalue weighted by atomic mass is 16.5. The zero-order valence-electron chi connectivity index (χ0n) is 17.7. The van der Waals surface area contributed by atoms with Crippen LogP contribution in [-0.4, -0.2) is 43.0 Å². The molecule has 30 heavy (non-hydrogen) atoms. The van der Waals surface area contributed by atoms with Gasteiger partial charge >= 0.3 is 0 Å². The molecule has 1 heterocycles. The molecule has 3 rings (SSSR count). The number of ether oxygens (including phenoxy) is 1. The van der Waals surface area contributed by atoms with E-state index in [9.17, 15) is 9.59 Å². The number of benzene rings is 2. The summed E-state index contributed by atoms with van der Waals surface area (Å²) in [6.45, 7) is 6.05. The van der Waals surface area contributed by atoms with E-state index in [1.807, 2.05) is 13.0 Å². The molecule has 0 spiro atoms. The standard InChI is InChI=1S/C24H31N3O3/c1-2-30-22-9-5-4-8-21(22)24(29)26-17-23(28)25-16-19-10-12-20(13-11-19)18-27-14-6-3-7-15-27/h4-5,8-13H,2-3,6-7,14-18H2,1H3,(H,25,28)(H,26,29). The van der Waals surface area contributed by atoms with E-state index in [0.717, 1.165) is 12.1 Å². The Hall–Kier alpha value is -2.86. The molecular weight excluding hydrogens is 378 g/mol. The van der Waals surface area contributed by atoms with Crippen LogP contribution in [0.15, 0.2) is 48.5 Å². The van der Waals surface area contributed by atoms with Crippen LogP contribution in [0.25, 0.3) is 0 Å². The van der Waals surface area contributed by atoms with Crippen LogP contribution < -0.4 is 15.4 Å². The van der Waals surface area contributed by atoms with Crippen molar-refractivity contribution >= 4 is 11.8 Å². The van der Waals surface area contributed by atoms with E-state index >= 15 is 0 Å². The van der Waals surface area contributed by atoms with Crippen molar-refractivity contribution in [3.05, 3.63) is 65.2 Å². The summed E-state index contributed by atoms with van der Waals surface area (Å²) < 4.78 is 5.46. The summed E-state index contributed by atoms with van der Waals surface area (Å²) in [5.41, 5.74) is 2.77. The number of para-hydroxylation sites is 1. The van der Waals surface area contributed by atoms with Crippen molar-refractivity contribution < 1.29 is 14.3 Å². The van der Waals surface area contributed by atoms with Crippen LogP contribution in [0.3, 0.4) is 0 Å². The molecule has 0 radical (unpaired) electrons. The van der Waals surface area contributed by atoms with Gasteiger partial charge in [-0.1, -0.05) is 42.8 Å². The molecule has 1 aliphatic rings. The molecule has 160 valence electrons. The summed E-state index contributed by atoms with van der Waals surface area (Å²) >= 11 is 0.